The highest BCUT2D eigenvalue weighted by Crippen LogP contribution is 2.37. The zero-order chi connectivity index (χ0) is 27.4. The number of amides is 3. The fourth-order valence-electron chi connectivity index (χ4n) is 4.43. The number of nitrogens with zero attached hydrogens (tertiary/aromatic N) is 4. The summed E-state index contributed by atoms with van der Waals surface area (Å²) >= 11 is 2.90. The van der Waals surface area contributed by atoms with Crippen LogP contribution in [0.5, 0.6) is 5.75 Å². The summed E-state index contributed by atoms with van der Waals surface area (Å²) in [5.74, 6) is 0.466. The van der Waals surface area contributed by atoms with E-state index >= 15 is 0 Å². The molecule has 1 aliphatic heterocycles. The minimum atomic E-state index is -0.166. The van der Waals surface area contributed by atoms with Gasteiger partial charge in [-0.1, -0.05) is 29.7 Å². The van der Waals surface area contributed by atoms with Gasteiger partial charge in [0.05, 0.1) is 23.1 Å². The number of anilines is 1. The van der Waals surface area contributed by atoms with Crippen LogP contribution in [0.2, 0.25) is 0 Å². The van der Waals surface area contributed by atoms with Gasteiger partial charge in [-0.05, 0) is 58.5 Å². The molecule has 4 rings (SSSR count). The van der Waals surface area contributed by atoms with Crippen molar-refractivity contribution < 1.29 is 19.1 Å². The monoisotopic (exact) mass is 557 g/mol. The van der Waals surface area contributed by atoms with Crippen molar-refractivity contribution in [2.45, 2.75) is 41.3 Å². The van der Waals surface area contributed by atoms with Crippen molar-refractivity contribution in [3.8, 4) is 5.75 Å². The number of ether oxygens (including phenoxy) is 1. The summed E-state index contributed by atoms with van der Waals surface area (Å²) < 4.78 is 6.45. The fourth-order valence-corrected chi connectivity index (χ4v) is 6.32. The lowest BCUT2D eigenvalue weighted by Gasteiger charge is -2.30. The molecule has 0 unspecified atom stereocenters. The van der Waals surface area contributed by atoms with Gasteiger partial charge < -0.3 is 24.8 Å². The molecule has 1 saturated heterocycles. The molecule has 1 aliphatic carbocycles. The number of likely N-dealkylation sites (N-methyl/N-ethyl adjacent to an activating group) is 1. The number of methoxy groups -OCH3 is 1. The van der Waals surface area contributed by atoms with E-state index in [0.717, 1.165) is 21.9 Å². The molecule has 1 saturated carbocycles. The SMILES string of the molecule is C=C(CN(C)C)C(=O)N1CCCN(C(=O)c2cc(Sc3cnc(NC(=O)C4CC4)s3)ccc2OC)[C@@H](C)C1. The summed E-state index contributed by atoms with van der Waals surface area (Å²) in [6, 6.07) is 5.38. The number of carbonyl (C=O) groups excluding carboxylic acids is 3. The van der Waals surface area contributed by atoms with Gasteiger partial charge in [0.15, 0.2) is 5.13 Å². The highest BCUT2D eigenvalue weighted by Gasteiger charge is 2.31. The van der Waals surface area contributed by atoms with Crippen LogP contribution >= 0.6 is 23.1 Å². The largest absolute Gasteiger partial charge is 0.496 e. The van der Waals surface area contributed by atoms with Crippen LogP contribution in [0.25, 0.3) is 0 Å². The maximum Gasteiger partial charge on any atom is 0.257 e. The Bertz CT molecular complexity index is 1210. The second kappa shape index (κ2) is 12.3. The average Bonchev–Trinajstić information content (AvgIpc) is 3.67. The Kier molecular flexibility index (Phi) is 9.11. The van der Waals surface area contributed by atoms with Crippen LogP contribution in [0.15, 0.2) is 45.7 Å². The predicted molar refractivity (Wildman–Crippen MR) is 150 cm³/mol. The summed E-state index contributed by atoms with van der Waals surface area (Å²) in [6.07, 6.45) is 4.30. The summed E-state index contributed by atoms with van der Waals surface area (Å²) in [5.41, 5.74) is 1.03. The highest BCUT2D eigenvalue weighted by atomic mass is 32.2. The number of rotatable bonds is 9. The van der Waals surface area contributed by atoms with Crippen LogP contribution in [0, 0.1) is 5.92 Å². The smallest absolute Gasteiger partial charge is 0.257 e. The van der Waals surface area contributed by atoms with Gasteiger partial charge in [-0.25, -0.2) is 4.98 Å². The first-order valence-electron chi connectivity index (χ1n) is 12.7. The third-order valence-corrected chi connectivity index (χ3v) is 8.49. The highest BCUT2D eigenvalue weighted by molar-refractivity contribution is 8.01. The fraction of sp³-hybridized carbons (Fsp3) is 0.481. The second-order valence-electron chi connectivity index (χ2n) is 10.0. The number of nitrogens with one attached hydrogen (secondary N) is 1. The lowest BCUT2D eigenvalue weighted by Crippen LogP contribution is -2.44. The van der Waals surface area contributed by atoms with E-state index in [1.807, 2.05) is 43.0 Å². The number of carbonyl (C=O) groups is 3. The molecule has 0 spiro atoms. The molecular weight excluding hydrogens is 522 g/mol. The van der Waals surface area contributed by atoms with Gasteiger partial charge >= 0.3 is 0 Å². The van der Waals surface area contributed by atoms with E-state index in [9.17, 15) is 14.4 Å². The first-order chi connectivity index (χ1) is 18.2. The topological polar surface area (TPSA) is 95.1 Å². The molecule has 11 heteroatoms. The van der Waals surface area contributed by atoms with Gasteiger partial charge in [0, 0.05) is 48.6 Å². The van der Waals surface area contributed by atoms with E-state index in [1.165, 1.54) is 23.1 Å². The van der Waals surface area contributed by atoms with Gasteiger partial charge in [-0.15, -0.1) is 0 Å². The van der Waals surface area contributed by atoms with Crippen LogP contribution in [-0.2, 0) is 9.59 Å². The summed E-state index contributed by atoms with van der Waals surface area (Å²) in [5, 5.41) is 3.46. The number of aromatic nitrogens is 1. The van der Waals surface area contributed by atoms with Crippen LogP contribution in [0.1, 0.15) is 36.5 Å². The number of hydrogen-bond acceptors (Lipinski definition) is 8. The van der Waals surface area contributed by atoms with Gasteiger partial charge in [0.2, 0.25) is 5.91 Å². The van der Waals surface area contributed by atoms with Crippen LogP contribution in [0.3, 0.4) is 0 Å². The molecule has 1 N–H and O–H groups in total. The first kappa shape index (κ1) is 28.1. The maximum atomic E-state index is 13.8. The molecule has 2 aromatic rings. The first-order valence-corrected chi connectivity index (χ1v) is 14.3. The van der Waals surface area contributed by atoms with Gasteiger partial charge in [-0.2, -0.15) is 0 Å². The summed E-state index contributed by atoms with van der Waals surface area (Å²) in [7, 11) is 5.37. The molecule has 1 aromatic carbocycles. The molecule has 0 bridgehead atoms. The normalized spacial score (nSPS) is 17.8. The maximum absolute atomic E-state index is 13.8. The summed E-state index contributed by atoms with van der Waals surface area (Å²) in [6.45, 7) is 8.01. The Morgan fingerprint density at radius 2 is 2.03 bits per heavy atom. The second-order valence-corrected chi connectivity index (χ2v) is 12.4. The van der Waals surface area contributed by atoms with Crippen molar-refractivity contribution in [3.05, 3.63) is 42.1 Å². The molecule has 1 aromatic heterocycles. The minimum absolute atomic E-state index is 0.0297. The van der Waals surface area contributed by atoms with Gasteiger partial charge in [0.1, 0.15) is 5.75 Å². The molecular formula is C27H35N5O4S2. The van der Waals surface area contributed by atoms with Crippen LogP contribution in [0.4, 0.5) is 5.13 Å². The lowest BCUT2D eigenvalue weighted by atomic mass is 10.1. The molecule has 2 fully saturated rings. The van der Waals surface area contributed by atoms with E-state index < -0.39 is 0 Å². The Labute approximate surface area is 232 Å². The quantitative estimate of drug-likeness (QED) is 0.468. The van der Waals surface area contributed by atoms with Crippen molar-refractivity contribution >= 4 is 46.0 Å². The predicted octanol–water partition coefficient (Wildman–Crippen LogP) is 3.83. The standard InChI is InChI=1S/C27H35N5O4S2/c1-17(15-30(3)4)25(34)31-11-6-12-32(18(2)16-31)26(35)21-13-20(9-10-22(21)36-5)37-23-14-28-27(38-23)29-24(33)19-7-8-19/h9-10,13-14,18-19H,1,6-8,11-12,15-16H2,2-5H3,(H,28,29,33)/t18-/m0/s1. The van der Waals surface area contributed by atoms with Crippen molar-refractivity contribution in [1.29, 1.82) is 0 Å². The van der Waals surface area contributed by atoms with Crippen LogP contribution < -0.4 is 10.1 Å². The van der Waals surface area contributed by atoms with E-state index in [-0.39, 0.29) is 29.7 Å². The average molecular weight is 558 g/mol. The number of thiazole rings is 1. The minimum Gasteiger partial charge on any atom is -0.496 e. The van der Waals surface area contributed by atoms with Gasteiger partial charge in [-0.3, -0.25) is 14.4 Å². The van der Waals surface area contributed by atoms with Gasteiger partial charge in [0.25, 0.3) is 11.8 Å². The molecule has 3 amide bonds. The third kappa shape index (κ3) is 6.95. The molecule has 9 nitrogen and oxygen atoms in total. The van der Waals surface area contributed by atoms with Crippen molar-refractivity contribution in [3.63, 3.8) is 0 Å². The Morgan fingerprint density at radius 1 is 1.26 bits per heavy atom. The van der Waals surface area contributed by atoms with E-state index in [4.69, 9.17) is 4.74 Å². The van der Waals surface area contributed by atoms with Crippen LogP contribution in [-0.4, -0.2) is 90.8 Å². The van der Waals surface area contributed by atoms with Crippen molar-refractivity contribution in [1.82, 2.24) is 19.7 Å². The third-order valence-electron chi connectivity index (χ3n) is 6.48. The van der Waals surface area contributed by atoms with Crippen molar-refractivity contribution in [2.24, 2.45) is 5.92 Å². The Balaban J connectivity index is 1.45. The zero-order valence-corrected chi connectivity index (χ0v) is 24.0. The Morgan fingerprint density at radius 3 is 2.71 bits per heavy atom. The molecule has 2 heterocycles. The lowest BCUT2D eigenvalue weighted by molar-refractivity contribution is -0.127. The molecule has 0 radical (unpaired) electrons. The molecule has 2 aliphatic rings. The summed E-state index contributed by atoms with van der Waals surface area (Å²) in [4.78, 5) is 49.5. The zero-order valence-electron chi connectivity index (χ0n) is 22.4. The number of benzene rings is 1. The molecule has 1 atom stereocenters. The molecule has 204 valence electrons. The van der Waals surface area contributed by atoms with E-state index in [2.05, 4.69) is 16.9 Å². The van der Waals surface area contributed by atoms with E-state index in [1.54, 1.807) is 24.3 Å². The Hall–Kier alpha value is -2.89. The molecule has 38 heavy (non-hydrogen) atoms. The van der Waals surface area contributed by atoms with E-state index in [0.29, 0.717) is 54.6 Å². The number of hydrogen-bond donors (Lipinski definition) is 1. The van der Waals surface area contributed by atoms with Crippen molar-refractivity contribution in [2.75, 3.05) is 52.7 Å².